The Morgan fingerprint density at radius 1 is 1.00 bits per heavy atom. The van der Waals surface area contributed by atoms with E-state index in [9.17, 15) is 9.59 Å². The molecule has 0 N–H and O–H groups in total. The number of hydrogen-bond acceptors (Lipinski definition) is 5. The van der Waals surface area contributed by atoms with Crippen LogP contribution in [0.25, 0.3) is 0 Å². The van der Waals surface area contributed by atoms with Gasteiger partial charge < -0.3 is 14.2 Å². The molecule has 28 heavy (non-hydrogen) atoms. The Labute approximate surface area is 168 Å². The van der Waals surface area contributed by atoms with E-state index in [1.165, 1.54) is 38.5 Å². The smallest absolute Gasteiger partial charge is 0.333 e. The first kappa shape index (κ1) is 19.9. The van der Waals surface area contributed by atoms with E-state index in [1.807, 2.05) is 0 Å². The van der Waals surface area contributed by atoms with Gasteiger partial charge in [-0.1, -0.05) is 6.58 Å². The van der Waals surface area contributed by atoms with E-state index in [4.69, 9.17) is 14.2 Å². The second kappa shape index (κ2) is 8.17. The molecule has 5 saturated carbocycles. The van der Waals surface area contributed by atoms with Crippen molar-refractivity contribution in [1.29, 1.82) is 0 Å². The highest BCUT2D eigenvalue weighted by Crippen LogP contribution is 2.60. The molecule has 5 nitrogen and oxygen atoms in total. The summed E-state index contributed by atoms with van der Waals surface area (Å²) in [5.41, 5.74) is 0.733. The molecule has 4 bridgehead atoms. The summed E-state index contributed by atoms with van der Waals surface area (Å²) >= 11 is 0. The van der Waals surface area contributed by atoms with Crippen molar-refractivity contribution in [3.05, 3.63) is 12.2 Å². The number of rotatable bonds is 7. The summed E-state index contributed by atoms with van der Waals surface area (Å²) in [6.07, 6.45) is 10.9. The summed E-state index contributed by atoms with van der Waals surface area (Å²) in [5, 5.41) is 0. The van der Waals surface area contributed by atoms with E-state index in [0.29, 0.717) is 17.4 Å². The Bertz CT molecular complexity index is 589. The fraction of sp³-hybridized carbons (Fsp3) is 0.826. The van der Waals surface area contributed by atoms with Gasteiger partial charge in [-0.05, 0) is 94.3 Å². The van der Waals surface area contributed by atoms with Crippen LogP contribution < -0.4 is 0 Å². The van der Waals surface area contributed by atoms with Gasteiger partial charge in [0, 0.05) is 5.57 Å². The second-order valence-corrected chi connectivity index (χ2v) is 10.0. The van der Waals surface area contributed by atoms with Gasteiger partial charge in [-0.3, -0.25) is 4.79 Å². The zero-order chi connectivity index (χ0) is 19.7. The van der Waals surface area contributed by atoms with Gasteiger partial charge in [-0.15, -0.1) is 0 Å². The molecule has 0 saturated heterocycles. The molecule has 5 rings (SSSR count). The van der Waals surface area contributed by atoms with Gasteiger partial charge in [0.2, 0.25) is 0 Å². The first-order valence-corrected chi connectivity index (χ1v) is 11.0. The molecular formula is C23H34O5. The van der Waals surface area contributed by atoms with Crippen molar-refractivity contribution >= 4 is 11.9 Å². The molecule has 5 heteroatoms. The number of ether oxygens (including phenoxy) is 3. The monoisotopic (exact) mass is 390 g/mol. The molecular weight excluding hydrogens is 356 g/mol. The zero-order valence-electron chi connectivity index (χ0n) is 17.1. The molecule has 5 aliphatic carbocycles. The topological polar surface area (TPSA) is 61.8 Å². The number of carbonyl (C=O) groups is 2. The molecule has 0 spiro atoms. The SMILES string of the molecule is C=C(C)C(=O)OC1CCCC(C(=O)OCOCC23CC4CC(CC(C4)C2)C3)C1. The van der Waals surface area contributed by atoms with E-state index >= 15 is 0 Å². The van der Waals surface area contributed by atoms with Gasteiger partial charge in [0.05, 0.1) is 12.5 Å². The minimum absolute atomic E-state index is 0.0489. The van der Waals surface area contributed by atoms with Crippen LogP contribution in [-0.4, -0.2) is 31.4 Å². The van der Waals surface area contributed by atoms with Crippen LogP contribution >= 0.6 is 0 Å². The van der Waals surface area contributed by atoms with E-state index in [2.05, 4.69) is 6.58 Å². The maximum atomic E-state index is 12.4. The summed E-state index contributed by atoms with van der Waals surface area (Å²) in [4.78, 5) is 24.1. The predicted molar refractivity (Wildman–Crippen MR) is 104 cm³/mol. The van der Waals surface area contributed by atoms with Crippen LogP contribution in [0.2, 0.25) is 0 Å². The van der Waals surface area contributed by atoms with Crippen molar-refractivity contribution in [3.8, 4) is 0 Å². The highest BCUT2D eigenvalue weighted by Gasteiger charge is 2.50. The summed E-state index contributed by atoms with van der Waals surface area (Å²) in [6.45, 7) is 6.02. The van der Waals surface area contributed by atoms with Crippen LogP contribution in [0.5, 0.6) is 0 Å². The van der Waals surface area contributed by atoms with Gasteiger partial charge >= 0.3 is 11.9 Å². The predicted octanol–water partition coefficient (Wildman–Crippen LogP) is 4.40. The first-order valence-electron chi connectivity index (χ1n) is 11.0. The van der Waals surface area contributed by atoms with Crippen molar-refractivity contribution in [2.75, 3.05) is 13.4 Å². The molecule has 0 heterocycles. The molecule has 0 radical (unpaired) electrons. The lowest BCUT2D eigenvalue weighted by Crippen LogP contribution is -2.48. The molecule has 0 aromatic rings. The lowest BCUT2D eigenvalue weighted by molar-refractivity contribution is -0.174. The molecule has 2 atom stereocenters. The van der Waals surface area contributed by atoms with Gasteiger partial charge in [0.1, 0.15) is 6.10 Å². The fourth-order valence-electron chi connectivity index (χ4n) is 6.66. The summed E-state index contributed by atoms with van der Waals surface area (Å²) in [6, 6.07) is 0. The van der Waals surface area contributed by atoms with Crippen LogP contribution in [0, 0.1) is 29.1 Å². The van der Waals surface area contributed by atoms with Crippen LogP contribution in [0.4, 0.5) is 0 Å². The maximum absolute atomic E-state index is 12.4. The third-order valence-electron chi connectivity index (χ3n) is 7.44. The minimum atomic E-state index is -0.377. The van der Waals surface area contributed by atoms with E-state index in [-0.39, 0.29) is 30.8 Å². The summed E-state index contributed by atoms with van der Waals surface area (Å²) in [7, 11) is 0. The van der Waals surface area contributed by atoms with Crippen LogP contribution in [-0.2, 0) is 23.8 Å². The Morgan fingerprint density at radius 3 is 2.25 bits per heavy atom. The van der Waals surface area contributed by atoms with Gasteiger partial charge in [0.15, 0.2) is 6.79 Å². The van der Waals surface area contributed by atoms with Crippen molar-refractivity contribution < 1.29 is 23.8 Å². The molecule has 5 fully saturated rings. The second-order valence-electron chi connectivity index (χ2n) is 10.0. The third-order valence-corrected chi connectivity index (χ3v) is 7.44. The number of carbonyl (C=O) groups excluding carboxylic acids is 2. The number of esters is 2. The Kier molecular flexibility index (Phi) is 5.82. The first-order chi connectivity index (χ1) is 13.4. The Hall–Kier alpha value is -1.36. The molecule has 0 amide bonds. The Balaban J connectivity index is 1.18. The third kappa shape index (κ3) is 4.45. The molecule has 0 aromatic carbocycles. The quantitative estimate of drug-likeness (QED) is 0.279. The van der Waals surface area contributed by atoms with E-state index in [1.54, 1.807) is 6.92 Å². The van der Waals surface area contributed by atoms with Crippen molar-refractivity contribution in [2.24, 2.45) is 29.1 Å². The fourth-order valence-corrected chi connectivity index (χ4v) is 6.66. The molecule has 0 aromatic heterocycles. The van der Waals surface area contributed by atoms with E-state index in [0.717, 1.165) is 43.6 Å². The maximum Gasteiger partial charge on any atom is 0.333 e. The van der Waals surface area contributed by atoms with Crippen molar-refractivity contribution in [1.82, 2.24) is 0 Å². The molecule has 0 aliphatic heterocycles. The summed E-state index contributed by atoms with van der Waals surface area (Å²) in [5.74, 6) is 1.90. The standard InChI is InChI=1S/C23H34O5/c1-15(2)21(24)28-20-5-3-4-19(9-20)22(25)27-14-26-13-23-10-16-6-17(11-23)8-18(7-16)12-23/h16-20H,1,3-14H2,2H3. The molecule has 2 unspecified atom stereocenters. The Morgan fingerprint density at radius 2 is 1.64 bits per heavy atom. The zero-order valence-corrected chi connectivity index (χ0v) is 17.1. The normalized spacial score (nSPS) is 38.8. The lowest BCUT2D eigenvalue weighted by atomic mass is 9.50. The van der Waals surface area contributed by atoms with Crippen LogP contribution in [0.1, 0.15) is 71.1 Å². The summed E-state index contributed by atoms with van der Waals surface area (Å²) < 4.78 is 16.7. The van der Waals surface area contributed by atoms with Gasteiger partial charge in [-0.25, -0.2) is 4.79 Å². The van der Waals surface area contributed by atoms with Crippen molar-refractivity contribution in [3.63, 3.8) is 0 Å². The molecule has 156 valence electrons. The minimum Gasteiger partial charge on any atom is -0.459 e. The van der Waals surface area contributed by atoms with Gasteiger partial charge in [-0.2, -0.15) is 0 Å². The van der Waals surface area contributed by atoms with Gasteiger partial charge in [0.25, 0.3) is 0 Å². The van der Waals surface area contributed by atoms with E-state index < -0.39 is 0 Å². The highest BCUT2D eigenvalue weighted by molar-refractivity contribution is 5.87. The highest BCUT2D eigenvalue weighted by atomic mass is 16.7. The van der Waals surface area contributed by atoms with Crippen molar-refractivity contribution in [2.45, 2.75) is 77.2 Å². The average Bonchev–Trinajstić information content (AvgIpc) is 2.64. The lowest BCUT2D eigenvalue weighted by Gasteiger charge is -2.56. The number of hydrogen-bond donors (Lipinski definition) is 0. The largest absolute Gasteiger partial charge is 0.459 e. The van der Waals surface area contributed by atoms with Crippen LogP contribution in [0.15, 0.2) is 12.2 Å². The molecule has 5 aliphatic rings. The average molecular weight is 391 g/mol. The van der Waals surface area contributed by atoms with Crippen LogP contribution in [0.3, 0.4) is 0 Å².